The number of nitrogens with zero attached hydrogens (tertiary/aromatic N) is 2. The number of hydrogen-bond acceptors (Lipinski definition) is 4. The van der Waals surface area contributed by atoms with Gasteiger partial charge in [-0.05, 0) is 36.1 Å². The number of pyridine rings is 1. The lowest BCUT2D eigenvalue weighted by molar-refractivity contribution is -0.122. The highest BCUT2D eigenvalue weighted by Gasteiger charge is 2.44. The first-order valence-corrected chi connectivity index (χ1v) is 11.2. The molecule has 1 aromatic heterocycles. The van der Waals surface area contributed by atoms with E-state index in [1.807, 2.05) is 23.1 Å². The number of carbonyl (C=O) groups excluding carboxylic acids is 2. The number of ether oxygens (including phenoxy) is 1. The molecule has 164 valence electrons. The third-order valence-corrected chi connectivity index (χ3v) is 6.31. The molecular formula is C25H31N3O3. The van der Waals surface area contributed by atoms with Crippen molar-refractivity contribution in [3.05, 3.63) is 59.9 Å². The Morgan fingerprint density at radius 3 is 2.68 bits per heavy atom. The summed E-state index contributed by atoms with van der Waals surface area (Å²) in [6, 6.07) is 11.7. The number of rotatable bonds is 5. The molecule has 1 atom stereocenters. The molecule has 0 unspecified atom stereocenters. The van der Waals surface area contributed by atoms with Gasteiger partial charge in [0.25, 0.3) is 5.91 Å². The number of fused-ring (bicyclic) bond motifs is 1. The van der Waals surface area contributed by atoms with Crippen LogP contribution in [0.4, 0.5) is 0 Å². The van der Waals surface area contributed by atoms with E-state index >= 15 is 0 Å². The van der Waals surface area contributed by atoms with E-state index in [2.05, 4.69) is 30.2 Å². The largest absolute Gasteiger partial charge is 0.487 e. The quantitative estimate of drug-likeness (QED) is 0.797. The fraction of sp³-hybridized carbons (Fsp3) is 0.480. The van der Waals surface area contributed by atoms with Crippen LogP contribution in [0.15, 0.2) is 48.8 Å². The molecule has 31 heavy (non-hydrogen) atoms. The molecule has 6 heteroatoms. The molecule has 6 nitrogen and oxygen atoms in total. The summed E-state index contributed by atoms with van der Waals surface area (Å²) in [6.07, 6.45) is 6.08. The molecule has 3 heterocycles. The van der Waals surface area contributed by atoms with Crippen molar-refractivity contribution in [2.45, 2.75) is 51.0 Å². The first-order chi connectivity index (χ1) is 15.0. The summed E-state index contributed by atoms with van der Waals surface area (Å²) in [6.45, 7) is 6.17. The SMILES string of the molecule is CC(C)CNC(=O)C[C@H]1CC2(CCN(C(=O)c3cccnc3)CC2)Oc2ccccc21. The first-order valence-electron chi connectivity index (χ1n) is 11.2. The third kappa shape index (κ3) is 4.89. The van der Waals surface area contributed by atoms with Gasteiger partial charge >= 0.3 is 0 Å². The lowest BCUT2D eigenvalue weighted by Gasteiger charge is -2.47. The number of carbonyl (C=O) groups is 2. The van der Waals surface area contributed by atoms with Crippen LogP contribution in [0.2, 0.25) is 0 Å². The number of aromatic nitrogens is 1. The van der Waals surface area contributed by atoms with Crippen molar-refractivity contribution >= 4 is 11.8 Å². The van der Waals surface area contributed by atoms with E-state index in [9.17, 15) is 9.59 Å². The number of para-hydroxylation sites is 1. The molecule has 0 saturated carbocycles. The minimum absolute atomic E-state index is 0.0174. The molecule has 0 aliphatic carbocycles. The predicted molar refractivity (Wildman–Crippen MR) is 119 cm³/mol. The number of benzene rings is 1. The summed E-state index contributed by atoms with van der Waals surface area (Å²) >= 11 is 0. The van der Waals surface area contributed by atoms with Crippen LogP contribution >= 0.6 is 0 Å². The van der Waals surface area contributed by atoms with Gasteiger partial charge in [0.15, 0.2) is 0 Å². The number of piperidine rings is 1. The Labute approximate surface area is 184 Å². The number of hydrogen-bond donors (Lipinski definition) is 1. The molecule has 2 aromatic rings. The van der Waals surface area contributed by atoms with E-state index in [4.69, 9.17) is 4.74 Å². The van der Waals surface area contributed by atoms with Crippen molar-refractivity contribution in [3.63, 3.8) is 0 Å². The predicted octanol–water partition coefficient (Wildman–Crippen LogP) is 3.79. The lowest BCUT2D eigenvalue weighted by Crippen LogP contribution is -2.52. The first kappa shape index (κ1) is 21.3. The van der Waals surface area contributed by atoms with Crippen molar-refractivity contribution in [1.82, 2.24) is 15.2 Å². The second kappa shape index (κ2) is 9.08. The van der Waals surface area contributed by atoms with Gasteiger partial charge in [0.1, 0.15) is 11.4 Å². The van der Waals surface area contributed by atoms with Gasteiger partial charge in [0, 0.05) is 57.2 Å². The Balaban J connectivity index is 1.46. The summed E-state index contributed by atoms with van der Waals surface area (Å²) < 4.78 is 6.52. The van der Waals surface area contributed by atoms with Crippen LogP contribution in [0, 0.1) is 5.92 Å². The van der Waals surface area contributed by atoms with Crippen molar-refractivity contribution < 1.29 is 14.3 Å². The van der Waals surface area contributed by atoms with E-state index < -0.39 is 0 Å². The molecule has 0 bridgehead atoms. The number of likely N-dealkylation sites (tertiary alicyclic amines) is 1. The highest BCUT2D eigenvalue weighted by molar-refractivity contribution is 5.93. The van der Waals surface area contributed by atoms with Crippen LogP contribution < -0.4 is 10.1 Å². The molecule has 1 fully saturated rings. The van der Waals surface area contributed by atoms with Crippen LogP contribution in [-0.2, 0) is 4.79 Å². The Kier molecular flexibility index (Phi) is 6.25. The Morgan fingerprint density at radius 1 is 1.19 bits per heavy atom. The molecule has 2 aliphatic rings. The number of nitrogens with one attached hydrogen (secondary N) is 1. The van der Waals surface area contributed by atoms with Crippen molar-refractivity contribution in [2.75, 3.05) is 19.6 Å². The standard InChI is InChI=1S/C25H31N3O3/c1-18(2)16-27-23(29)14-20-15-25(31-22-8-4-3-7-21(20)22)9-12-28(13-10-25)24(30)19-6-5-11-26-17-19/h3-8,11,17-18,20H,9-10,12-16H2,1-2H3,(H,27,29)/t20-/m0/s1. The minimum Gasteiger partial charge on any atom is -0.487 e. The second-order valence-corrected chi connectivity index (χ2v) is 9.16. The fourth-order valence-electron chi connectivity index (χ4n) is 4.64. The van der Waals surface area contributed by atoms with Gasteiger partial charge < -0.3 is 15.0 Å². The lowest BCUT2D eigenvalue weighted by atomic mass is 9.76. The Bertz CT molecular complexity index is 921. The van der Waals surface area contributed by atoms with Crippen molar-refractivity contribution in [2.24, 2.45) is 5.92 Å². The van der Waals surface area contributed by atoms with Crippen LogP contribution in [0.3, 0.4) is 0 Å². The van der Waals surface area contributed by atoms with Crippen LogP contribution in [0.1, 0.15) is 61.4 Å². The van der Waals surface area contributed by atoms with Crippen LogP contribution in [-0.4, -0.2) is 46.9 Å². The van der Waals surface area contributed by atoms with E-state index in [1.54, 1.807) is 24.5 Å². The monoisotopic (exact) mass is 421 g/mol. The van der Waals surface area contributed by atoms with E-state index in [0.717, 1.165) is 30.6 Å². The minimum atomic E-state index is -0.330. The fourth-order valence-corrected chi connectivity index (χ4v) is 4.64. The van der Waals surface area contributed by atoms with Gasteiger partial charge in [-0.15, -0.1) is 0 Å². The van der Waals surface area contributed by atoms with Gasteiger partial charge in [-0.1, -0.05) is 32.0 Å². The molecule has 2 amide bonds. The summed E-state index contributed by atoms with van der Waals surface area (Å²) in [5.41, 5.74) is 1.40. The summed E-state index contributed by atoms with van der Waals surface area (Å²) in [5, 5.41) is 3.05. The maximum Gasteiger partial charge on any atom is 0.255 e. The van der Waals surface area contributed by atoms with Crippen LogP contribution in [0.5, 0.6) is 5.75 Å². The summed E-state index contributed by atoms with van der Waals surface area (Å²) in [4.78, 5) is 31.3. The molecular weight excluding hydrogens is 390 g/mol. The van der Waals surface area contributed by atoms with Crippen molar-refractivity contribution in [1.29, 1.82) is 0 Å². The summed E-state index contributed by atoms with van der Waals surface area (Å²) in [5.74, 6) is 1.54. The van der Waals surface area contributed by atoms with Gasteiger partial charge in [0.05, 0.1) is 5.56 Å². The second-order valence-electron chi connectivity index (χ2n) is 9.16. The molecule has 0 radical (unpaired) electrons. The highest BCUT2D eigenvalue weighted by atomic mass is 16.5. The zero-order valence-corrected chi connectivity index (χ0v) is 18.3. The van der Waals surface area contributed by atoms with Gasteiger partial charge in [-0.3, -0.25) is 14.6 Å². The smallest absolute Gasteiger partial charge is 0.255 e. The zero-order valence-electron chi connectivity index (χ0n) is 18.3. The third-order valence-electron chi connectivity index (χ3n) is 6.31. The van der Waals surface area contributed by atoms with Gasteiger partial charge in [-0.25, -0.2) is 0 Å². The number of amides is 2. The molecule has 4 rings (SSSR count). The Morgan fingerprint density at radius 2 is 1.97 bits per heavy atom. The normalized spacial score (nSPS) is 19.6. The molecule has 1 aromatic carbocycles. The van der Waals surface area contributed by atoms with Gasteiger partial charge in [-0.2, -0.15) is 0 Å². The maximum absolute atomic E-state index is 12.8. The summed E-state index contributed by atoms with van der Waals surface area (Å²) in [7, 11) is 0. The molecule has 1 N–H and O–H groups in total. The molecule has 2 aliphatic heterocycles. The average Bonchev–Trinajstić information content (AvgIpc) is 2.78. The molecule has 1 spiro atoms. The highest BCUT2D eigenvalue weighted by Crippen LogP contribution is 2.46. The Hall–Kier alpha value is -2.89. The van der Waals surface area contributed by atoms with E-state index in [1.165, 1.54) is 0 Å². The average molecular weight is 422 g/mol. The zero-order chi connectivity index (χ0) is 21.8. The molecule has 1 saturated heterocycles. The topological polar surface area (TPSA) is 71.5 Å². The van der Waals surface area contributed by atoms with E-state index in [0.29, 0.717) is 37.5 Å². The maximum atomic E-state index is 12.8. The van der Waals surface area contributed by atoms with E-state index in [-0.39, 0.29) is 23.3 Å². The van der Waals surface area contributed by atoms with Crippen molar-refractivity contribution in [3.8, 4) is 5.75 Å². The van der Waals surface area contributed by atoms with Gasteiger partial charge in [0.2, 0.25) is 5.91 Å². The van der Waals surface area contributed by atoms with Crippen LogP contribution in [0.25, 0.3) is 0 Å².